The van der Waals surface area contributed by atoms with E-state index in [4.69, 9.17) is 17.3 Å². The lowest BCUT2D eigenvalue weighted by Gasteiger charge is -2.12. The van der Waals surface area contributed by atoms with Gasteiger partial charge in [0, 0.05) is 23.0 Å². The lowest BCUT2D eigenvalue weighted by Crippen LogP contribution is -2.23. The number of amides is 1. The van der Waals surface area contributed by atoms with Crippen LogP contribution in [0.25, 0.3) is 0 Å². The highest BCUT2D eigenvalue weighted by molar-refractivity contribution is 8.00. The molecule has 1 atom stereocenters. The van der Waals surface area contributed by atoms with E-state index in [2.05, 4.69) is 5.32 Å². The number of hydrogen-bond donors (Lipinski definition) is 2. The van der Waals surface area contributed by atoms with Crippen LogP contribution in [0.4, 0.5) is 5.69 Å². The van der Waals surface area contributed by atoms with Crippen molar-refractivity contribution in [1.82, 2.24) is 0 Å². The molecule has 0 saturated carbocycles. The Balaban J connectivity index is 2.58. The van der Waals surface area contributed by atoms with Gasteiger partial charge in [-0.2, -0.15) is 0 Å². The number of carbonyl (C=O) groups excluding carboxylic acids is 1. The number of nitrogens with two attached hydrogens (primary N) is 1. The Bertz CT molecular complexity index is 398. The number of nitrogens with one attached hydrogen (secondary N) is 1. The number of benzene rings is 1. The van der Waals surface area contributed by atoms with Gasteiger partial charge in [0.15, 0.2) is 0 Å². The van der Waals surface area contributed by atoms with Gasteiger partial charge in [0.1, 0.15) is 0 Å². The summed E-state index contributed by atoms with van der Waals surface area (Å²) in [7, 11) is 0. The highest BCUT2D eigenvalue weighted by Gasteiger charge is 2.13. The number of halogens is 1. The second kappa shape index (κ2) is 6.89. The molecule has 0 aliphatic rings. The lowest BCUT2D eigenvalue weighted by atomic mass is 10.2. The number of anilines is 1. The summed E-state index contributed by atoms with van der Waals surface area (Å²) in [6.07, 6.45) is 0. The molecule has 5 heteroatoms. The maximum atomic E-state index is 11.8. The van der Waals surface area contributed by atoms with E-state index in [1.54, 1.807) is 17.8 Å². The van der Waals surface area contributed by atoms with Crippen LogP contribution in [0.15, 0.2) is 18.2 Å². The Hall–Kier alpha value is -0.710. The van der Waals surface area contributed by atoms with E-state index >= 15 is 0 Å². The van der Waals surface area contributed by atoms with Gasteiger partial charge in [0.05, 0.1) is 5.25 Å². The quantitative estimate of drug-likeness (QED) is 0.866. The minimum absolute atomic E-state index is 0.0247. The van der Waals surface area contributed by atoms with Crippen molar-refractivity contribution in [2.75, 3.05) is 17.6 Å². The third kappa shape index (κ3) is 4.58. The van der Waals surface area contributed by atoms with Gasteiger partial charge in [-0.1, -0.05) is 17.7 Å². The Kier molecular flexibility index (Phi) is 5.82. The molecule has 3 N–H and O–H groups in total. The molecular weight excluding hydrogens is 256 g/mol. The van der Waals surface area contributed by atoms with Crippen molar-refractivity contribution >= 4 is 35.0 Å². The van der Waals surface area contributed by atoms with E-state index in [-0.39, 0.29) is 11.2 Å². The van der Waals surface area contributed by atoms with Crippen LogP contribution in [0.3, 0.4) is 0 Å². The van der Waals surface area contributed by atoms with Gasteiger partial charge in [-0.05, 0) is 31.5 Å². The minimum Gasteiger partial charge on any atom is -0.330 e. The van der Waals surface area contributed by atoms with Crippen molar-refractivity contribution < 1.29 is 4.79 Å². The van der Waals surface area contributed by atoms with Crippen molar-refractivity contribution in [2.24, 2.45) is 5.73 Å². The van der Waals surface area contributed by atoms with E-state index in [0.29, 0.717) is 11.6 Å². The molecule has 17 heavy (non-hydrogen) atoms. The summed E-state index contributed by atoms with van der Waals surface area (Å²) in [5.74, 6) is 0.756. The molecule has 1 amide bonds. The Morgan fingerprint density at radius 2 is 2.29 bits per heavy atom. The first-order chi connectivity index (χ1) is 8.04. The van der Waals surface area contributed by atoms with Crippen molar-refractivity contribution in [3.63, 3.8) is 0 Å². The van der Waals surface area contributed by atoms with Crippen molar-refractivity contribution in [2.45, 2.75) is 19.1 Å². The Labute approximate surface area is 111 Å². The van der Waals surface area contributed by atoms with Crippen LogP contribution >= 0.6 is 23.4 Å². The molecule has 94 valence electrons. The van der Waals surface area contributed by atoms with Gasteiger partial charge < -0.3 is 11.1 Å². The zero-order chi connectivity index (χ0) is 12.8. The molecule has 0 radical (unpaired) electrons. The summed E-state index contributed by atoms with van der Waals surface area (Å²) in [6, 6.07) is 5.49. The monoisotopic (exact) mass is 272 g/mol. The van der Waals surface area contributed by atoms with E-state index in [1.165, 1.54) is 0 Å². The zero-order valence-electron chi connectivity index (χ0n) is 10.00. The SMILES string of the molecule is Cc1ccc(NC(=O)C(C)SCCN)cc1Cl. The third-order valence-electron chi connectivity index (χ3n) is 2.29. The molecule has 0 bridgehead atoms. The predicted octanol–water partition coefficient (Wildman–Crippen LogP) is 2.67. The van der Waals surface area contributed by atoms with E-state index in [9.17, 15) is 4.79 Å². The van der Waals surface area contributed by atoms with E-state index < -0.39 is 0 Å². The fraction of sp³-hybridized carbons (Fsp3) is 0.417. The first-order valence-corrected chi connectivity index (χ1v) is 6.86. The molecular formula is C12H17ClN2OS. The Morgan fingerprint density at radius 3 is 2.88 bits per heavy atom. The Morgan fingerprint density at radius 1 is 1.59 bits per heavy atom. The van der Waals surface area contributed by atoms with Crippen molar-refractivity contribution in [3.8, 4) is 0 Å². The van der Waals surface area contributed by atoms with Crippen LogP contribution in [-0.2, 0) is 4.79 Å². The summed E-state index contributed by atoms with van der Waals surface area (Å²) in [5.41, 5.74) is 7.12. The number of aryl methyl sites for hydroxylation is 1. The fourth-order valence-corrected chi connectivity index (χ4v) is 2.12. The van der Waals surface area contributed by atoms with Crippen LogP contribution < -0.4 is 11.1 Å². The molecule has 1 unspecified atom stereocenters. The summed E-state index contributed by atoms with van der Waals surface area (Å²) in [4.78, 5) is 11.8. The first kappa shape index (κ1) is 14.4. The highest BCUT2D eigenvalue weighted by atomic mass is 35.5. The van der Waals surface area contributed by atoms with Crippen LogP contribution in [0.2, 0.25) is 5.02 Å². The summed E-state index contributed by atoms with van der Waals surface area (Å²) >= 11 is 7.53. The molecule has 1 aromatic rings. The number of thioether (sulfide) groups is 1. The number of hydrogen-bond acceptors (Lipinski definition) is 3. The first-order valence-electron chi connectivity index (χ1n) is 5.43. The average Bonchev–Trinajstić information content (AvgIpc) is 2.30. The van der Waals surface area contributed by atoms with Crippen LogP contribution in [0.5, 0.6) is 0 Å². The van der Waals surface area contributed by atoms with Crippen LogP contribution in [0.1, 0.15) is 12.5 Å². The fourth-order valence-electron chi connectivity index (χ4n) is 1.24. The second-order valence-electron chi connectivity index (χ2n) is 3.75. The molecule has 0 aliphatic heterocycles. The predicted molar refractivity (Wildman–Crippen MR) is 75.8 cm³/mol. The molecule has 0 heterocycles. The molecule has 0 aliphatic carbocycles. The van der Waals surface area contributed by atoms with Crippen molar-refractivity contribution in [3.05, 3.63) is 28.8 Å². The lowest BCUT2D eigenvalue weighted by molar-refractivity contribution is -0.115. The van der Waals surface area contributed by atoms with Gasteiger partial charge in [-0.3, -0.25) is 4.79 Å². The second-order valence-corrected chi connectivity index (χ2v) is 5.61. The van der Waals surface area contributed by atoms with Gasteiger partial charge >= 0.3 is 0 Å². The van der Waals surface area contributed by atoms with E-state index in [1.807, 2.05) is 26.0 Å². The molecule has 1 rings (SSSR count). The van der Waals surface area contributed by atoms with Gasteiger partial charge in [0.2, 0.25) is 5.91 Å². The number of carbonyl (C=O) groups is 1. The maximum absolute atomic E-state index is 11.8. The third-order valence-corrected chi connectivity index (χ3v) is 3.89. The standard InChI is InChI=1S/C12H17ClN2OS/c1-8-3-4-10(7-11(8)13)15-12(16)9(2)17-6-5-14/h3-4,7,9H,5-6,14H2,1-2H3,(H,15,16). The molecule has 1 aromatic carbocycles. The highest BCUT2D eigenvalue weighted by Crippen LogP contribution is 2.21. The molecule has 0 fully saturated rings. The molecule has 3 nitrogen and oxygen atoms in total. The summed E-state index contributed by atoms with van der Waals surface area (Å²) < 4.78 is 0. The summed E-state index contributed by atoms with van der Waals surface area (Å²) in [5, 5.41) is 3.38. The molecule has 0 aromatic heterocycles. The zero-order valence-corrected chi connectivity index (χ0v) is 11.6. The normalized spacial score (nSPS) is 12.2. The average molecular weight is 273 g/mol. The van der Waals surface area contributed by atoms with Gasteiger partial charge in [0.25, 0.3) is 0 Å². The maximum Gasteiger partial charge on any atom is 0.237 e. The number of rotatable bonds is 5. The van der Waals surface area contributed by atoms with Gasteiger partial charge in [-0.15, -0.1) is 11.8 Å². The largest absolute Gasteiger partial charge is 0.330 e. The van der Waals surface area contributed by atoms with Gasteiger partial charge in [-0.25, -0.2) is 0 Å². The van der Waals surface area contributed by atoms with Crippen molar-refractivity contribution in [1.29, 1.82) is 0 Å². The summed E-state index contributed by atoms with van der Waals surface area (Å²) in [6.45, 7) is 4.37. The molecule has 0 saturated heterocycles. The smallest absolute Gasteiger partial charge is 0.237 e. The topological polar surface area (TPSA) is 55.1 Å². The van der Waals surface area contributed by atoms with Crippen LogP contribution in [0, 0.1) is 6.92 Å². The van der Waals surface area contributed by atoms with E-state index in [0.717, 1.165) is 17.0 Å². The molecule has 0 spiro atoms. The van der Waals surface area contributed by atoms with Crippen LogP contribution in [-0.4, -0.2) is 23.5 Å². The minimum atomic E-state index is -0.112.